The first kappa shape index (κ1) is 14.6. The summed E-state index contributed by atoms with van der Waals surface area (Å²) in [7, 11) is 0. The Balaban J connectivity index is 2.71. The maximum atomic E-state index is 9.62. The van der Waals surface area contributed by atoms with Gasteiger partial charge in [0.15, 0.2) is 0 Å². The zero-order valence-electron chi connectivity index (χ0n) is 13.3. The van der Waals surface area contributed by atoms with Gasteiger partial charge >= 0.3 is 0 Å². The molecule has 0 fully saturated rings. The van der Waals surface area contributed by atoms with Crippen molar-refractivity contribution in [1.29, 1.82) is 0 Å². The van der Waals surface area contributed by atoms with E-state index < -0.39 is 0 Å². The van der Waals surface area contributed by atoms with Crippen molar-refractivity contribution >= 4 is 0 Å². The molecule has 0 bridgehead atoms. The zero-order valence-corrected chi connectivity index (χ0v) is 13.3. The van der Waals surface area contributed by atoms with E-state index in [0.29, 0.717) is 5.92 Å². The van der Waals surface area contributed by atoms with Crippen molar-refractivity contribution in [1.82, 2.24) is 0 Å². The third-order valence-corrected chi connectivity index (χ3v) is 5.36. The van der Waals surface area contributed by atoms with Crippen molar-refractivity contribution in [3.05, 3.63) is 34.4 Å². The van der Waals surface area contributed by atoms with Crippen molar-refractivity contribution in [2.45, 2.75) is 71.8 Å². The molecule has 106 valence electrons. The minimum atomic E-state index is 0.154. The van der Waals surface area contributed by atoms with E-state index in [1.807, 2.05) is 0 Å². The largest absolute Gasteiger partial charge is 0.392 e. The summed E-state index contributed by atoms with van der Waals surface area (Å²) in [4.78, 5) is 0. The molecule has 1 aliphatic carbocycles. The molecule has 1 atom stereocenters. The Labute approximate surface area is 118 Å². The van der Waals surface area contributed by atoms with E-state index >= 15 is 0 Å². The molecule has 1 aliphatic rings. The van der Waals surface area contributed by atoms with E-state index in [4.69, 9.17) is 0 Å². The fourth-order valence-corrected chi connectivity index (χ4v) is 3.65. The van der Waals surface area contributed by atoms with Gasteiger partial charge in [0.05, 0.1) is 6.61 Å². The molecule has 1 nitrogen and oxygen atoms in total. The van der Waals surface area contributed by atoms with E-state index in [9.17, 15) is 5.11 Å². The van der Waals surface area contributed by atoms with Gasteiger partial charge in [0.2, 0.25) is 0 Å². The second kappa shape index (κ2) is 4.63. The molecule has 0 radical (unpaired) electrons. The molecule has 1 aromatic rings. The molecule has 0 saturated heterocycles. The molecular formula is C18H28O. The van der Waals surface area contributed by atoms with Crippen LogP contribution < -0.4 is 0 Å². The van der Waals surface area contributed by atoms with Gasteiger partial charge in [-0.1, -0.05) is 53.7 Å². The van der Waals surface area contributed by atoms with Crippen LogP contribution in [0, 0.1) is 5.92 Å². The van der Waals surface area contributed by atoms with E-state index in [0.717, 1.165) is 12.0 Å². The lowest BCUT2D eigenvalue weighted by atomic mass is 9.58. The first-order valence-electron chi connectivity index (χ1n) is 7.51. The van der Waals surface area contributed by atoms with Gasteiger partial charge in [0.25, 0.3) is 0 Å². The monoisotopic (exact) mass is 260 g/mol. The van der Waals surface area contributed by atoms with Gasteiger partial charge in [0, 0.05) is 0 Å². The van der Waals surface area contributed by atoms with Crippen LogP contribution in [0.5, 0.6) is 0 Å². The minimum Gasteiger partial charge on any atom is -0.392 e. The number of aryl methyl sites for hydroxylation is 1. The summed E-state index contributed by atoms with van der Waals surface area (Å²) in [6, 6.07) is 4.63. The first-order chi connectivity index (χ1) is 8.74. The Kier molecular flexibility index (Phi) is 3.55. The highest BCUT2D eigenvalue weighted by Crippen LogP contribution is 2.49. The maximum absolute atomic E-state index is 9.62. The normalized spacial score (nSPS) is 24.1. The number of rotatable bonds is 2. The van der Waals surface area contributed by atoms with E-state index in [1.165, 1.54) is 23.1 Å². The number of fused-ring (bicyclic) bond motifs is 1. The Bertz CT molecular complexity index is 483. The quantitative estimate of drug-likeness (QED) is 0.839. The molecule has 1 aromatic carbocycles. The number of benzene rings is 1. The van der Waals surface area contributed by atoms with E-state index in [2.05, 4.69) is 53.7 Å². The summed E-state index contributed by atoms with van der Waals surface area (Å²) in [6.07, 6.45) is 2.23. The fraction of sp³-hybridized carbons (Fsp3) is 0.667. The van der Waals surface area contributed by atoms with Crippen LogP contribution in [0.1, 0.15) is 70.2 Å². The van der Waals surface area contributed by atoms with Crippen LogP contribution in [0.15, 0.2) is 12.1 Å². The summed E-state index contributed by atoms with van der Waals surface area (Å²) < 4.78 is 0. The standard InChI is InChI=1S/C18H28O/c1-7-13-8-15-16(9-14(13)11-19)18(5,6)12(2)10-17(15,3)4/h8-9,12,19H,7,10-11H2,1-6H3. The van der Waals surface area contributed by atoms with Crippen molar-refractivity contribution in [3.63, 3.8) is 0 Å². The van der Waals surface area contributed by atoms with Gasteiger partial charge < -0.3 is 5.11 Å². The lowest BCUT2D eigenvalue weighted by molar-refractivity contribution is 0.231. The predicted molar refractivity (Wildman–Crippen MR) is 81.6 cm³/mol. The van der Waals surface area contributed by atoms with Crippen molar-refractivity contribution in [2.75, 3.05) is 0 Å². The van der Waals surface area contributed by atoms with Gasteiger partial charge in [-0.2, -0.15) is 0 Å². The molecule has 0 spiro atoms. The van der Waals surface area contributed by atoms with Gasteiger partial charge in [0.1, 0.15) is 0 Å². The molecule has 19 heavy (non-hydrogen) atoms. The van der Waals surface area contributed by atoms with Crippen molar-refractivity contribution in [2.24, 2.45) is 5.92 Å². The summed E-state index contributed by atoms with van der Waals surface area (Å²) in [5, 5.41) is 9.62. The molecule has 1 unspecified atom stereocenters. The minimum absolute atomic E-state index is 0.154. The van der Waals surface area contributed by atoms with Crippen LogP contribution >= 0.6 is 0 Å². The summed E-state index contributed by atoms with van der Waals surface area (Å²) >= 11 is 0. The fourth-order valence-electron chi connectivity index (χ4n) is 3.65. The van der Waals surface area contributed by atoms with E-state index in [1.54, 1.807) is 0 Å². The predicted octanol–water partition coefficient (Wildman–Crippen LogP) is 4.34. The van der Waals surface area contributed by atoms with Gasteiger partial charge in [-0.15, -0.1) is 0 Å². The van der Waals surface area contributed by atoms with Crippen molar-refractivity contribution in [3.8, 4) is 0 Å². The second-order valence-electron chi connectivity index (χ2n) is 7.39. The molecule has 0 saturated carbocycles. The highest BCUT2D eigenvalue weighted by Gasteiger charge is 2.42. The van der Waals surface area contributed by atoms with Crippen LogP contribution in [0.25, 0.3) is 0 Å². The molecule has 0 aromatic heterocycles. The highest BCUT2D eigenvalue weighted by atomic mass is 16.3. The Morgan fingerprint density at radius 1 is 1.11 bits per heavy atom. The first-order valence-corrected chi connectivity index (χ1v) is 7.51. The van der Waals surface area contributed by atoms with Gasteiger partial charge in [-0.05, 0) is 51.8 Å². The molecule has 1 N–H and O–H groups in total. The summed E-state index contributed by atoms with van der Waals surface area (Å²) in [5.41, 5.74) is 5.78. The van der Waals surface area contributed by atoms with Gasteiger partial charge in [-0.3, -0.25) is 0 Å². The molecule has 0 aliphatic heterocycles. The Hall–Kier alpha value is -0.820. The Morgan fingerprint density at radius 3 is 2.21 bits per heavy atom. The van der Waals surface area contributed by atoms with Gasteiger partial charge in [-0.25, -0.2) is 0 Å². The average Bonchev–Trinajstić information content (AvgIpc) is 2.35. The Morgan fingerprint density at radius 2 is 1.68 bits per heavy atom. The lowest BCUT2D eigenvalue weighted by Gasteiger charge is -2.47. The van der Waals surface area contributed by atoms with E-state index in [-0.39, 0.29) is 17.4 Å². The molecule has 2 rings (SSSR count). The third-order valence-electron chi connectivity index (χ3n) is 5.36. The highest BCUT2D eigenvalue weighted by molar-refractivity contribution is 5.47. The second-order valence-corrected chi connectivity index (χ2v) is 7.39. The number of aliphatic hydroxyl groups is 1. The number of aliphatic hydroxyl groups excluding tert-OH is 1. The molecule has 0 amide bonds. The summed E-state index contributed by atoms with van der Waals surface area (Å²) in [6.45, 7) is 14.1. The van der Waals surface area contributed by atoms with Crippen LogP contribution in [-0.2, 0) is 23.9 Å². The lowest BCUT2D eigenvalue weighted by Crippen LogP contribution is -2.40. The van der Waals surface area contributed by atoms with Crippen LogP contribution in [-0.4, -0.2) is 5.11 Å². The molecular weight excluding hydrogens is 232 g/mol. The molecule has 1 heteroatoms. The third kappa shape index (κ3) is 2.23. The summed E-state index contributed by atoms with van der Waals surface area (Å²) in [5.74, 6) is 0.661. The number of hydrogen-bond donors (Lipinski definition) is 1. The zero-order chi connectivity index (χ0) is 14.4. The maximum Gasteiger partial charge on any atom is 0.0684 e. The van der Waals surface area contributed by atoms with Crippen LogP contribution in [0.3, 0.4) is 0 Å². The van der Waals surface area contributed by atoms with Crippen molar-refractivity contribution < 1.29 is 5.11 Å². The topological polar surface area (TPSA) is 20.2 Å². The molecule has 0 heterocycles. The van der Waals surface area contributed by atoms with Crippen LogP contribution in [0.2, 0.25) is 0 Å². The SMILES string of the molecule is CCc1cc2c(cc1CO)C(C)(C)C(C)CC2(C)C. The number of hydrogen-bond acceptors (Lipinski definition) is 1. The average molecular weight is 260 g/mol. The van der Waals surface area contributed by atoms with Crippen LogP contribution in [0.4, 0.5) is 0 Å². The smallest absolute Gasteiger partial charge is 0.0684 e.